The number of rotatable bonds is 4. The van der Waals surface area contributed by atoms with Gasteiger partial charge in [-0.2, -0.15) is 0 Å². The van der Waals surface area contributed by atoms with E-state index in [2.05, 4.69) is 5.32 Å². The summed E-state index contributed by atoms with van der Waals surface area (Å²) in [6.07, 6.45) is 5.47. The Hall–Kier alpha value is -1.26. The Morgan fingerprint density at radius 1 is 1.14 bits per heavy atom. The third-order valence-corrected chi connectivity index (χ3v) is 4.20. The van der Waals surface area contributed by atoms with Crippen LogP contribution in [0.25, 0.3) is 0 Å². The summed E-state index contributed by atoms with van der Waals surface area (Å²) in [7, 11) is 0. The number of benzene rings is 1. The largest absolute Gasteiger partial charge is 0.452 e. The normalized spacial score (nSPS) is 15.5. The van der Waals surface area contributed by atoms with Crippen LogP contribution in [0.15, 0.2) is 18.2 Å². The first-order valence-electron chi connectivity index (χ1n) is 6.98. The Bertz CT molecular complexity index is 528. The van der Waals surface area contributed by atoms with Crippen molar-refractivity contribution in [3.05, 3.63) is 33.8 Å². The van der Waals surface area contributed by atoms with Gasteiger partial charge in [0.25, 0.3) is 5.91 Å². The third-order valence-electron chi connectivity index (χ3n) is 3.46. The maximum Gasteiger partial charge on any atom is 0.338 e. The van der Waals surface area contributed by atoms with Gasteiger partial charge in [0.15, 0.2) is 6.61 Å². The van der Waals surface area contributed by atoms with Gasteiger partial charge >= 0.3 is 5.97 Å². The fraction of sp³-hybridized carbons (Fsp3) is 0.467. The molecule has 0 atom stereocenters. The predicted molar refractivity (Wildman–Crippen MR) is 81.8 cm³/mol. The number of amides is 1. The highest BCUT2D eigenvalue weighted by atomic mass is 35.5. The first kappa shape index (κ1) is 16.1. The fourth-order valence-corrected chi connectivity index (χ4v) is 2.65. The molecule has 0 radical (unpaired) electrons. The average molecular weight is 330 g/mol. The molecule has 1 saturated carbocycles. The van der Waals surface area contributed by atoms with Crippen molar-refractivity contribution >= 4 is 35.1 Å². The first-order valence-corrected chi connectivity index (χ1v) is 7.73. The van der Waals surface area contributed by atoms with E-state index in [1.54, 1.807) is 0 Å². The summed E-state index contributed by atoms with van der Waals surface area (Å²) >= 11 is 11.6. The molecule has 0 saturated heterocycles. The van der Waals surface area contributed by atoms with E-state index in [0.717, 1.165) is 25.7 Å². The summed E-state index contributed by atoms with van der Waals surface area (Å²) < 4.78 is 4.97. The van der Waals surface area contributed by atoms with Crippen LogP contribution < -0.4 is 5.32 Å². The number of carbonyl (C=O) groups excluding carboxylic acids is 2. The summed E-state index contributed by atoms with van der Waals surface area (Å²) in [5.41, 5.74) is 0.273. The van der Waals surface area contributed by atoms with Crippen molar-refractivity contribution in [1.29, 1.82) is 0 Å². The van der Waals surface area contributed by atoms with Crippen molar-refractivity contribution in [2.75, 3.05) is 6.61 Å². The summed E-state index contributed by atoms with van der Waals surface area (Å²) in [5.74, 6) is -0.859. The third kappa shape index (κ3) is 4.90. The van der Waals surface area contributed by atoms with Gasteiger partial charge in [-0.05, 0) is 31.0 Å². The number of carbonyl (C=O) groups is 2. The smallest absolute Gasteiger partial charge is 0.338 e. The molecule has 0 heterocycles. The number of hydrogen-bond acceptors (Lipinski definition) is 3. The van der Waals surface area contributed by atoms with Crippen molar-refractivity contribution in [2.24, 2.45) is 0 Å². The Balaban J connectivity index is 1.80. The van der Waals surface area contributed by atoms with Crippen LogP contribution in [0.2, 0.25) is 10.0 Å². The Labute approximate surface area is 133 Å². The van der Waals surface area contributed by atoms with Gasteiger partial charge in [0, 0.05) is 6.04 Å². The molecular weight excluding hydrogens is 313 g/mol. The van der Waals surface area contributed by atoms with Gasteiger partial charge in [0.1, 0.15) is 0 Å². The van der Waals surface area contributed by atoms with Crippen LogP contribution >= 0.6 is 23.2 Å². The minimum absolute atomic E-state index is 0.204. The average Bonchev–Trinajstić information content (AvgIpc) is 2.48. The second-order valence-electron chi connectivity index (χ2n) is 5.11. The summed E-state index contributed by atoms with van der Waals surface area (Å²) in [5, 5.41) is 3.52. The van der Waals surface area contributed by atoms with E-state index in [4.69, 9.17) is 27.9 Å². The topological polar surface area (TPSA) is 55.4 Å². The van der Waals surface area contributed by atoms with Gasteiger partial charge in [0.2, 0.25) is 0 Å². The van der Waals surface area contributed by atoms with E-state index in [-0.39, 0.29) is 29.1 Å². The molecule has 2 rings (SSSR count). The first-order chi connectivity index (χ1) is 10.1. The maximum atomic E-state index is 11.8. The number of hydrogen-bond donors (Lipinski definition) is 1. The number of ether oxygens (including phenoxy) is 1. The molecule has 0 aliphatic heterocycles. The molecule has 1 aliphatic rings. The van der Waals surface area contributed by atoms with Crippen molar-refractivity contribution < 1.29 is 14.3 Å². The molecule has 21 heavy (non-hydrogen) atoms. The zero-order valence-electron chi connectivity index (χ0n) is 11.5. The van der Waals surface area contributed by atoms with Crippen LogP contribution in [-0.4, -0.2) is 24.5 Å². The standard InChI is InChI=1S/C15H17Cl2NO3/c16-12-7-6-10(8-13(12)17)15(20)21-9-14(19)18-11-4-2-1-3-5-11/h6-8,11H,1-5,9H2,(H,18,19). The lowest BCUT2D eigenvalue weighted by molar-refractivity contribution is -0.125. The van der Waals surface area contributed by atoms with Crippen molar-refractivity contribution in [3.63, 3.8) is 0 Å². The highest BCUT2D eigenvalue weighted by Crippen LogP contribution is 2.23. The molecule has 6 heteroatoms. The lowest BCUT2D eigenvalue weighted by Gasteiger charge is -2.22. The molecule has 1 fully saturated rings. The zero-order valence-corrected chi connectivity index (χ0v) is 13.0. The van der Waals surface area contributed by atoms with E-state index in [1.165, 1.54) is 24.6 Å². The Morgan fingerprint density at radius 2 is 1.86 bits per heavy atom. The molecule has 1 N–H and O–H groups in total. The number of nitrogens with one attached hydrogen (secondary N) is 1. The fourth-order valence-electron chi connectivity index (χ4n) is 2.35. The number of esters is 1. The Morgan fingerprint density at radius 3 is 2.52 bits per heavy atom. The maximum absolute atomic E-state index is 11.8. The summed E-state index contributed by atoms with van der Waals surface area (Å²) in [6, 6.07) is 4.65. The van der Waals surface area contributed by atoms with E-state index >= 15 is 0 Å². The van der Waals surface area contributed by atoms with Crippen LogP contribution in [0, 0.1) is 0 Å². The van der Waals surface area contributed by atoms with Crippen LogP contribution in [0.3, 0.4) is 0 Å². The molecule has 0 unspecified atom stereocenters. The Kier molecular flexibility index (Phi) is 5.88. The van der Waals surface area contributed by atoms with E-state index < -0.39 is 5.97 Å². The molecule has 0 aromatic heterocycles. The van der Waals surface area contributed by atoms with Gasteiger partial charge in [-0.1, -0.05) is 42.5 Å². The predicted octanol–water partition coefficient (Wildman–Crippen LogP) is 3.60. The molecule has 4 nitrogen and oxygen atoms in total. The monoisotopic (exact) mass is 329 g/mol. The summed E-state index contributed by atoms with van der Waals surface area (Å²) in [4.78, 5) is 23.5. The van der Waals surface area contributed by atoms with Crippen molar-refractivity contribution in [2.45, 2.75) is 38.1 Å². The molecule has 0 spiro atoms. The SMILES string of the molecule is O=C(COC(=O)c1ccc(Cl)c(Cl)c1)NC1CCCCC1. The van der Waals surface area contributed by atoms with Gasteiger partial charge in [-0.25, -0.2) is 4.79 Å². The zero-order chi connectivity index (χ0) is 15.2. The second-order valence-corrected chi connectivity index (χ2v) is 5.92. The van der Waals surface area contributed by atoms with Crippen LogP contribution in [0.4, 0.5) is 0 Å². The van der Waals surface area contributed by atoms with E-state index in [9.17, 15) is 9.59 Å². The molecule has 0 bridgehead atoms. The van der Waals surface area contributed by atoms with Crippen LogP contribution in [-0.2, 0) is 9.53 Å². The van der Waals surface area contributed by atoms with E-state index in [1.807, 2.05) is 0 Å². The second kappa shape index (κ2) is 7.66. The minimum Gasteiger partial charge on any atom is -0.452 e. The molecular formula is C15H17Cl2NO3. The van der Waals surface area contributed by atoms with Gasteiger partial charge < -0.3 is 10.1 Å². The van der Waals surface area contributed by atoms with E-state index in [0.29, 0.717) is 5.02 Å². The van der Waals surface area contributed by atoms with Crippen molar-refractivity contribution in [3.8, 4) is 0 Å². The number of halogens is 2. The lowest BCUT2D eigenvalue weighted by Crippen LogP contribution is -2.38. The quantitative estimate of drug-likeness (QED) is 0.858. The molecule has 1 aromatic rings. The summed E-state index contributed by atoms with van der Waals surface area (Å²) in [6.45, 7) is -0.282. The van der Waals surface area contributed by atoms with Gasteiger partial charge in [-0.3, -0.25) is 4.79 Å². The lowest BCUT2D eigenvalue weighted by atomic mass is 9.95. The van der Waals surface area contributed by atoms with Crippen LogP contribution in [0.1, 0.15) is 42.5 Å². The highest BCUT2D eigenvalue weighted by molar-refractivity contribution is 6.42. The van der Waals surface area contributed by atoms with Crippen molar-refractivity contribution in [1.82, 2.24) is 5.32 Å². The van der Waals surface area contributed by atoms with Gasteiger partial charge in [-0.15, -0.1) is 0 Å². The van der Waals surface area contributed by atoms with Crippen LogP contribution in [0.5, 0.6) is 0 Å². The molecule has 1 amide bonds. The highest BCUT2D eigenvalue weighted by Gasteiger charge is 2.17. The van der Waals surface area contributed by atoms with Gasteiger partial charge in [0.05, 0.1) is 15.6 Å². The molecule has 1 aromatic carbocycles. The molecule has 1 aliphatic carbocycles. The minimum atomic E-state index is -0.590. The molecule has 114 valence electrons.